The summed E-state index contributed by atoms with van der Waals surface area (Å²) in [6.45, 7) is 0.923. The predicted molar refractivity (Wildman–Crippen MR) is 82.0 cm³/mol. The molecular formula is C14H20Cl2N2O. The summed E-state index contributed by atoms with van der Waals surface area (Å²) < 4.78 is 0. The molecule has 5 heteroatoms. The Balaban J connectivity index is 2.07. The Morgan fingerprint density at radius 1 is 1.16 bits per heavy atom. The molecular weight excluding hydrogens is 283 g/mol. The summed E-state index contributed by atoms with van der Waals surface area (Å²) in [4.78, 5) is 0. The number of anilines is 2. The van der Waals surface area contributed by atoms with Crippen LogP contribution in [0.3, 0.4) is 0 Å². The summed E-state index contributed by atoms with van der Waals surface area (Å²) in [5, 5.41) is 13.9. The Kier molecular flexibility index (Phi) is 4.82. The maximum atomic E-state index is 9.67. The third-order valence-corrected chi connectivity index (χ3v) is 4.72. The van der Waals surface area contributed by atoms with Crippen molar-refractivity contribution in [3.05, 3.63) is 22.2 Å². The molecule has 0 unspecified atom stereocenters. The average molecular weight is 303 g/mol. The monoisotopic (exact) mass is 302 g/mol. The molecule has 0 radical (unpaired) electrons. The van der Waals surface area contributed by atoms with Crippen molar-refractivity contribution in [3.63, 3.8) is 0 Å². The van der Waals surface area contributed by atoms with Gasteiger partial charge in [0.1, 0.15) is 0 Å². The lowest BCUT2D eigenvalue weighted by Crippen LogP contribution is -2.35. The number of hydrogen-bond donors (Lipinski definition) is 3. The molecule has 106 valence electrons. The minimum absolute atomic E-state index is 0.0310. The molecule has 4 N–H and O–H groups in total. The zero-order chi connectivity index (χ0) is 13.9. The fraction of sp³-hybridized carbons (Fsp3) is 0.571. The minimum atomic E-state index is -0.0310. The second-order valence-electron chi connectivity index (χ2n) is 5.43. The fourth-order valence-corrected chi connectivity index (χ4v) is 3.03. The highest BCUT2D eigenvalue weighted by Crippen LogP contribution is 2.37. The van der Waals surface area contributed by atoms with Crippen LogP contribution in [-0.2, 0) is 0 Å². The predicted octanol–water partition coefficient (Wildman–Crippen LogP) is 3.93. The minimum Gasteiger partial charge on any atom is -0.397 e. The van der Waals surface area contributed by atoms with Crippen LogP contribution in [0, 0.1) is 5.41 Å². The summed E-state index contributed by atoms with van der Waals surface area (Å²) in [6, 6.07) is 3.39. The van der Waals surface area contributed by atoms with Crippen LogP contribution in [0.25, 0.3) is 0 Å². The van der Waals surface area contributed by atoms with E-state index in [1.54, 1.807) is 12.1 Å². The van der Waals surface area contributed by atoms with Gasteiger partial charge in [0.15, 0.2) is 0 Å². The summed E-state index contributed by atoms with van der Waals surface area (Å²) >= 11 is 11.9. The van der Waals surface area contributed by atoms with E-state index >= 15 is 0 Å². The van der Waals surface area contributed by atoms with Crippen LogP contribution in [0.15, 0.2) is 12.1 Å². The third kappa shape index (κ3) is 3.47. The number of aliphatic hydroxyl groups excluding tert-OH is 1. The van der Waals surface area contributed by atoms with Gasteiger partial charge >= 0.3 is 0 Å². The van der Waals surface area contributed by atoms with Crippen LogP contribution in [-0.4, -0.2) is 18.3 Å². The van der Waals surface area contributed by atoms with Crippen molar-refractivity contribution in [1.29, 1.82) is 0 Å². The largest absolute Gasteiger partial charge is 0.397 e. The van der Waals surface area contributed by atoms with Gasteiger partial charge in [0, 0.05) is 12.0 Å². The molecule has 1 aromatic carbocycles. The van der Waals surface area contributed by atoms with Gasteiger partial charge in [-0.25, -0.2) is 0 Å². The second kappa shape index (κ2) is 6.21. The van der Waals surface area contributed by atoms with Gasteiger partial charge in [0.2, 0.25) is 0 Å². The Labute approximate surface area is 124 Å². The molecule has 0 bridgehead atoms. The number of nitrogens with one attached hydrogen (secondary N) is 1. The third-order valence-electron chi connectivity index (χ3n) is 4.00. The van der Waals surface area contributed by atoms with E-state index in [9.17, 15) is 5.11 Å². The van der Waals surface area contributed by atoms with Crippen LogP contribution in [0.5, 0.6) is 0 Å². The highest BCUT2D eigenvalue weighted by Gasteiger charge is 2.31. The van der Waals surface area contributed by atoms with Crippen LogP contribution in [0.4, 0.5) is 11.4 Å². The van der Waals surface area contributed by atoms with Gasteiger partial charge in [-0.3, -0.25) is 0 Å². The Morgan fingerprint density at radius 2 is 1.79 bits per heavy atom. The molecule has 3 nitrogen and oxygen atoms in total. The van der Waals surface area contributed by atoms with E-state index < -0.39 is 0 Å². The summed E-state index contributed by atoms with van der Waals surface area (Å²) in [7, 11) is 0. The lowest BCUT2D eigenvalue weighted by Gasteiger charge is -2.36. The van der Waals surface area contributed by atoms with Gasteiger partial charge in [-0.15, -0.1) is 0 Å². The van der Waals surface area contributed by atoms with Gasteiger partial charge in [0.25, 0.3) is 0 Å². The number of benzene rings is 1. The Hall–Kier alpha value is -0.640. The molecule has 1 aromatic rings. The summed E-state index contributed by atoms with van der Waals surface area (Å²) in [5.74, 6) is 0. The van der Waals surface area contributed by atoms with Crippen LogP contribution < -0.4 is 11.1 Å². The number of aliphatic hydroxyl groups is 1. The van der Waals surface area contributed by atoms with E-state index in [1.165, 1.54) is 19.3 Å². The molecule has 1 saturated carbocycles. The zero-order valence-corrected chi connectivity index (χ0v) is 12.4. The number of nitrogens with two attached hydrogens (primary N) is 1. The molecule has 0 amide bonds. The van der Waals surface area contributed by atoms with Gasteiger partial charge in [0.05, 0.1) is 28.0 Å². The van der Waals surface area contributed by atoms with Crippen molar-refractivity contribution in [2.75, 3.05) is 24.2 Å². The van der Waals surface area contributed by atoms with E-state index in [4.69, 9.17) is 28.9 Å². The van der Waals surface area contributed by atoms with Gasteiger partial charge in [-0.1, -0.05) is 42.5 Å². The summed E-state index contributed by atoms with van der Waals surface area (Å²) in [6.07, 6.45) is 5.73. The molecule has 19 heavy (non-hydrogen) atoms. The van der Waals surface area contributed by atoms with Crippen molar-refractivity contribution in [2.24, 2.45) is 5.41 Å². The fourth-order valence-electron chi connectivity index (χ4n) is 2.69. The number of halogens is 2. The van der Waals surface area contributed by atoms with Crippen LogP contribution >= 0.6 is 23.2 Å². The van der Waals surface area contributed by atoms with E-state index in [1.807, 2.05) is 0 Å². The molecule has 0 saturated heterocycles. The van der Waals surface area contributed by atoms with Crippen LogP contribution in [0.2, 0.25) is 10.0 Å². The highest BCUT2D eigenvalue weighted by atomic mass is 35.5. The number of nitrogen functional groups attached to an aromatic ring is 1. The van der Waals surface area contributed by atoms with Gasteiger partial charge < -0.3 is 16.2 Å². The van der Waals surface area contributed by atoms with Gasteiger partial charge in [-0.05, 0) is 25.0 Å². The lowest BCUT2D eigenvalue weighted by molar-refractivity contribution is 0.0944. The van der Waals surface area contributed by atoms with E-state index in [0.29, 0.717) is 22.3 Å². The van der Waals surface area contributed by atoms with Gasteiger partial charge in [-0.2, -0.15) is 0 Å². The normalized spacial score (nSPS) is 18.3. The SMILES string of the molecule is Nc1cc(Cl)c(Cl)cc1NCC1(CO)CCCCC1. The maximum Gasteiger partial charge on any atom is 0.0614 e. The highest BCUT2D eigenvalue weighted by molar-refractivity contribution is 6.42. The van der Waals surface area contributed by atoms with Crippen molar-refractivity contribution in [1.82, 2.24) is 0 Å². The van der Waals surface area contributed by atoms with Crippen molar-refractivity contribution in [3.8, 4) is 0 Å². The molecule has 0 atom stereocenters. The first-order valence-electron chi connectivity index (χ1n) is 6.66. The maximum absolute atomic E-state index is 9.67. The van der Waals surface area contributed by atoms with E-state index in [0.717, 1.165) is 18.5 Å². The lowest BCUT2D eigenvalue weighted by atomic mass is 9.74. The quantitative estimate of drug-likeness (QED) is 0.739. The Morgan fingerprint density at radius 3 is 2.42 bits per heavy atom. The van der Waals surface area contributed by atoms with Crippen molar-refractivity contribution >= 4 is 34.6 Å². The first-order valence-corrected chi connectivity index (χ1v) is 7.41. The molecule has 0 spiro atoms. The van der Waals surface area contributed by atoms with Crippen molar-refractivity contribution in [2.45, 2.75) is 32.1 Å². The molecule has 0 aromatic heterocycles. The molecule has 0 heterocycles. The number of hydrogen-bond acceptors (Lipinski definition) is 3. The smallest absolute Gasteiger partial charge is 0.0614 e. The molecule has 0 aliphatic heterocycles. The molecule has 1 fully saturated rings. The van der Waals surface area contributed by atoms with E-state index in [2.05, 4.69) is 5.32 Å². The van der Waals surface area contributed by atoms with Crippen molar-refractivity contribution < 1.29 is 5.11 Å². The first kappa shape index (κ1) is 14.8. The molecule has 2 rings (SSSR count). The summed E-state index contributed by atoms with van der Waals surface area (Å²) in [5.41, 5.74) is 7.26. The topological polar surface area (TPSA) is 58.3 Å². The number of rotatable bonds is 4. The first-order chi connectivity index (χ1) is 9.06. The standard InChI is InChI=1S/C14H20Cl2N2O/c15-10-6-12(17)13(7-11(10)16)18-8-14(9-19)4-2-1-3-5-14/h6-7,18-19H,1-5,8-9,17H2. The second-order valence-corrected chi connectivity index (χ2v) is 6.24. The Bertz CT molecular complexity index is 445. The average Bonchev–Trinajstić information content (AvgIpc) is 2.42. The van der Waals surface area contributed by atoms with E-state index in [-0.39, 0.29) is 12.0 Å². The molecule has 1 aliphatic rings. The zero-order valence-electron chi connectivity index (χ0n) is 10.9. The van der Waals surface area contributed by atoms with Crippen LogP contribution in [0.1, 0.15) is 32.1 Å². The molecule has 1 aliphatic carbocycles.